The Morgan fingerprint density at radius 2 is 1.79 bits per heavy atom. The molecule has 1 heterocycles. The van der Waals surface area contributed by atoms with Gasteiger partial charge in [-0.05, 0) is 35.4 Å². The molecule has 19 heavy (non-hydrogen) atoms. The summed E-state index contributed by atoms with van der Waals surface area (Å²) in [6, 6.07) is 15.2. The smallest absolute Gasteiger partial charge is 0.322 e. The third-order valence-electron chi connectivity index (χ3n) is 3.27. The Morgan fingerprint density at radius 1 is 1.05 bits per heavy atom. The fraction of sp³-hybridized carbons (Fsp3) is 0.133. The van der Waals surface area contributed by atoms with E-state index in [1.807, 2.05) is 48.5 Å². The van der Waals surface area contributed by atoms with Gasteiger partial charge in [0.15, 0.2) is 0 Å². The molecule has 0 aliphatic carbocycles. The number of anilines is 2. The number of amides is 2. The molecule has 4 heteroatoms. The number of benzene rings is 2. The maximum atomic E-state index is 12.2. The Balaban J connectivity index is 1.71. The van der Waals surface area contributed by atoms with E-state index in [0.29, 0.717) is 13.1 Å². The van der Waals surface area contributed by atoms with Gasteiger partial charge in [0.25, 0.3) is 0 Å². The molecule has 0 aromatic heterocycles. The number of hydrogen-bond acceptors (Lipinski definition) is 2. The van der Waals surface area contributed by atoms with Crippen LogP contribution in [0.3, 0.4) is 0 Å². The minimum Gasteiger partial charge on any atom is -0.399 e. The maximum absolute atomic E-state index is 12.2. The lowest BCUT2D eigenvalue weighted by molar-refractivity contribution is 0.212. The molecule has 0 spiro atoms. The van der Waals surface area contributed by atoms with Crippen LogP contribution in [-0.2, 0) is 13.1 Å². The van der Waals surface area contributed by atoms with Gasteiger partial charge in [-0.15, -0.1) is 0 Å². The molecular formula is C15H15N3O. The molecule has 0 bridgehead atoms. The topological polar surface area (TPSA) is 58.4 Å². The molecule has 0 atom stereocenters. The maximum Gasteiger partial charge on any atom is 0.322 e. The van der Waals surface area contributed by atoms with Crippen LogP contribution in [-0.4, -0.2) is 10.9 Å². The summed E-state index contributed by atoms with van der Waals surface area (Å²) in [7, 11) is 0. The lowest BCUT2D eigenvalue weighted by Gasteiger charge is -2.16. The predicted molar refractivity (Wildman–Crippen MR) is 75.6 cm³/mol. The zero-order chi connectivity index (χ0) is 13.2. The number of para-hydroxylation sites is 1. The van der Waals surface area contributed by atoms with E-state index in [1.54, 1.807) is 4.90 Å². The van der Waals surface area contributed by atoms with Crippen molar-refractivity contribution in [1.82, 2.24) is 4.90 Å². The van der Waals surface area contributed by atoms with Crippen molar-refractivity contribution < 1.29 is 4.79 Å². The second-order valence-corrected chi connectivity index (χ2v) is 4.68. The van der Waals surface area contributed by atoms with Crippen molar-refractivity contribution in [3.8, 4) is 0 Å². The van der Waals surface area contributed by atoms with Gasteiger partial charge in [0.1, 0.15) is 0 Å². The Labute approximate surface area is 111 Å². The van der Waals surface area contributed by atoms with Crippen LogP contribution in [0, 0.1) is 0 Å². The molecule has 1 aliphatic heterocycles. The third-order valence-corrected chi connectivity index (χ3v) is 3.27. The van der Waals surface area contributed by atoms with Crippen molar-refractivity contribution in [2.45, 2.75) is 13.1 Å². The van der Waals surface area contributed by atoms with Crippen LogP contribution in [0.2, 0.25) is 0 Å². The SMILES string of the molecule is Nc1ccc2c(c1)CN(C(=O)Nc1ccccc1)C2. The minimum absolute atomic E-state index is 0.0824. The summed E-state index contributed by atoms with van der Waals surface area (Å²) < 4.78 is 0. The van der Waals surface area contributed by atoms with Gasteiger partial charge >= 0.3 is 6.03 Å². The van der Waals surface area contributed by atoms with Gasteiger partial charge in [0.2, 0.25) is 0 Å². The summed E-state index contributed by atoms with van der Waals surface area (Å²) in [6.07, 6.45) is 0. The lowest BCUT2D eigenvalue weighted by atomic mass is 10.1. The van der Waals surface area contributed by atoms with Crippen molar-refractivity contribution in [3.05, 3.63) is 59.7 Å². The highest BCUT2D eigenvalue weighted by atomic mass is 16.2. The molecule has 0 fully saturated rings. The van der Waals surface area contributed by atoms with Gasteiger partial charge in [-0.3, -0.25) is 0 Å². The molecule has 0 radical (unpaired) electrons. The molecule has 4 nitrogen and oxygen atoms in total. The molecule has 2 aromatic carbocycles. The number of nitrogens with two attached hydrogens (primary N) is 1. The van der Waals surface area contributed by atoms with E-state index in [9.17, 15) is 4.79 Å². The van der Waals surface area contributed by atoms with E-state index in [1.165, 1.54) is 0 Å². The van der Waals surface area contributed by atoms with E-state index in [-0.39, 0.29) is 6.03 Å². The number of nitrogens with zero attached hydrogens (tertiary/aromatic N) is 1. The van der Waals surface area contributed by atoms with Crippen LogP contribution in [0.4, 0.5) is 16.2 Å². The fourth-order valence-electron chi connectivity index (χ4n) is 2.28. The van der Waals surface area contributed by atoms with E-state index < -0.39 is 0 Å². The van der Waals surface area contributed by atoms with E-state index in [4.69, 9.17) is 5.73 Å². The van der Waals surface area contributed by atoms with Gasteiger partial charge in [-0.2, -0.15) is 0 Å². The number of rotatable bonds is 1. The second kappa shape index (κ2) is 4.65. The van der Waals surface area contributed by atoms with E-state index in [2.05, 4.69) is 5.32 Å². The van der Waals surface area contributed by atoms with Gasteiger partial charge in [0, 0.05) is 24.5 Å². The summed E-state index contributed by atoms with van der Waals surface area (Å²) in [4.78, 5) is 13.9. The van der Waals surface area contributed by atoms with Crippen molar-refractivity contribution in [2.24, 2.45) is 0 Å². The first-order valence-corrected chi connectivity index (χ1v) is 6.20. The molecule has 2 aromatic rings. The third kappa shape index (κ3) is 2.38. The fourth-order valence-corrected chi connectivity index (χ4v) is 2.28. The van der Waals surface area contributed by atoms with Crippen molar-refractivity contribution in [2.75, 3.05) is 11.1 Å². The normalized spacial score (nSPS) is 13.2. The molecule has 2 amide bonds. The van der Waals surface area contributed by atoms with Crippen LogP contribution >= 0.6 is 0 Å². The highest BCUT2D eigenvalue weighted by molar-refractivity contribution is 5.89. The van der Waals surface area contributed by atoms with E-state index in [0.717, 1.165) is 22.5 Å². The first-order valence-electron chi connectivity index (χ1n) is 6.20. The predicted octanol–water partition coefficient (Wildman–Crippen LogP) is 2.82. The average Bonchev–Trinajstić information content (AvgIpc) is 2.83. The van der Waals surface area contributed by atoms with Crippen LogP contribution in [0.1, 0.15) is 11.1 Å². The second-order valence-electron chi connectivity index (χ2n) is 4.68. The molecule has 1 aliphatic rings. The summed E-state index contributed by atoms with van der Waals surface area (Å²) in [6.45, 7) is 1.24. The quantitative estimate of drug-likeness (QED) is 0.768. The number of carbonyl (C=O) groups is 1. The number of nitrogens with one attached hydrogen (secondary N) is 1. The zero-order valence-corrected chi connectivity index (χ0v) is 10.5. The number of urea groups is 1. The van der Waals surface area contributed by atoms with Crippen molar-refractivity contribution in [1.29, 1.82) is 0 Å². The Hall–Kier alpha value is -2.49. The first-order chi connectivity index (χ1) is 9.22. The van der Waals surface area contributed by atoms with E-state index >= 15 is 0 Å². The van der Waals surface area contributed by atoms with Crippen LogP contribution in [0.15, 0.2) is 48.5 Å². The largest absolute Gasteiger partial charge is 0.399 e. The first kappa shape index (κ1) is 11.6. The Bertz CT molecular complexity index is 610. The van der Waals surface area contributed by atoms with Gasteiger partial charge in [0.05, 0.1) is 0 Å². The van der Waals surface area contributed by atoms with Crippen LogP contribution < -0.4 is 11.1 Å². The molecule has 0 saturated heterocycles. The number of carbonyl (C=O) groups excluding carboxylic acids is 1. The molecular weight excluding hydrogens is 238 g/mol. The van der Waals surface area contributed by atoms with Crippen molar-refractivity contribution >= 4 is 17.4 Å². The van der Waals surface area contributed by atoms with Gasteiger partial charge in [-0.1, -0.05) is 24.3 Å². The van der Waals surface area contributed by atoms with Gasteiger partial charge in [-0.25, -0.2) is 4.79 Å². The number of hydrogen-bond donors (Lipinski definition) is 2. The molecule has 3 rings (SSSR count). The van der Waals surface area contributed by atoms with Crippen molar-refractivity contribution in [3.63, 3.8) is 0 Å². The van der Waals surface area contributed by atoms with Crippen LogP contribution in [0.5, 0.6) is 0 Å². The summed E-state index contributed by atoms with van der Waals surface area (Å²) in [5.74, 6) is 0. The van der Waals surface area contributed by atoms with Crippen LogP contribution in [0.25, 0.3) is 0 Å². The Kier molecular flexibility index (Phi) is 2.83. The lowest BCUT2D eigenvalue weighted by Crippen LogP contribution is -2.30. The highest BCUT2D eigenvalue weighted by Crippen LogP contribution is 2.25. The summed E-state index contributed by atoms with van der Waals surface area (Å²) >= 11 is 0. The molecule has 3 N–H and O–H groups in total. The summed E-state index contributed by atoms with van der Waals surface area (Å²) in [5, 5.41) is 2.89. The zero-order valence-electron chi connectivity index (χ0n) is 10.5. The number of nitrogen functional groups attached to an aromatic ring is 1. The monoisotopic (exact) mass is 253 g/mol. The van der Waals surface area contributed by atoms with Gasteiger partial charge < -0.3 is 16.0 Å². The average molecular weight is 253 g/mol. The molecule has 96 valence electrons. The standard InChI is InChI=1S/C15H15N3O/c16-13-7-6-11-9-18(10-12(11)8-13)15(19)17-14-4-2-1-3-5-14/h1-8H,9-10,16H2,(H,17,19). The summed E-state index contributed by atoms with van der Waals surface area (Å²) in [5.41, 5.74) is 9.60. The number of fused-ring (bicyclic) bond motifs is 1. The molecule has 0 saturated carbocycles. The molecule has 0 unspecified atom stereocenters. The minimum atomic E-state index is -0.0824. The Morgan fingerprint density at radius 3 is 2.58 bits per heavy atom. The highest BCUT2D eigenvalue weighted by Gasteiger charge is 2.23.